The van der Waals surface area contributed by atoms with Crippen molar-refractivity contribution in [1.29, 1.82) is 0 Å². The molecule has 0 heterocycles. The Bertz CT molecular complexity index is 6.00. The van der Waals surface area contributed by atoms with Crippen molar-refractivity contribution in [3.05, 3.63) is 0 Å². The Morgan fingerprint density at radius 3 is 1.25 bits per heavy atom. The van der Waals surface area contributed by atoms with Gasteiger partial charge in [0.15, 0.2) is 0 Å². The molecular weight excluding hydrogens is 287 g/mol. The third-order valence-corrected chi connectivity index (χ3v) is 0. The Morgan fingerprint density at radius 2 is 1.25 bits per heavy atom. The molecule has 0 bridgehead atoms. The van der Waals surface area contributed by atoms with Gasteiger partial charge < -0.3 is 5.48 Å². The fourth-order valence-electron chi connectivity index (χ4n) is 0. The van der Waals surface area contributed by atoms with Crippen LogP contribution in [0.3, 0.4) is 0 Å². The number of halogens is 2. The van der Waals surface area contributed by atoms with Crippen LogP contribution < -0.4 is 0 Å². The van der Waals surface area contributed by atoms with Crippen LogP contribution in [0.4, 0.5) is 0 Å². The zero-order valence-corrected chi connectivity index (χ0v) is 8.97. The van der Waals surface area contributed by atoms with E-state index in [0.29, 0.717) is 0 Å². The maximum atomic E-state index is 4.99. The van der Waals surface area contributed by atoms with Gasteiger partial charge in [0.2, 0.25) is 0 Å². The van der Waals surface area contributed by atoms with Crippen LogP contribution in [-0.2, 0) is 22.1 Å². The summed E-state index contributed by atoms with van der Waals surface area (Å²) in [6, 6.07) is 0. The van der Waals surface area contributed by atoms with E-state index in [1.807, 2.05) is 0 Å². The van der Waals surface area contributed by atoms with E-state index in [0.717, 1.165) is 0 Å². The summed E-state index contributed by atoms with van der Waals surface area (Å²) in [5.41, 5.74) is 0. The normalized spacial score (nSPS) is 2.50. The van der Waals surface area contributed by atoms with Crippen molar-refractivity contribution in [2.24, 2.45) is 0 Å². The van der Waals surface area contributed by atoms with E-state index < -0.39 is 22.1 Å². The third kappa shape index (κ3) is 9.78. The van der Waals surface area contributed by atoms with Crippen molar-refractivity contribution in [2.75, 3.05) is 0 Å². The third-order valence-electron chi connectivity index (χ3n) is 0. The van der Waals surface area contributed by atoms with Gasteiger partial charge in [-0.2, -0.15) is 0 Å². The average molecular weight is 290 g/mol. The van der Waals surface area contributed by atoms with E-state index in [2.05, 4.69) is 0 Å². The van der Waals surface area contributed by atoms with Crippen LogP contribution in [0.25, 0.3) is 0 Å². The molecule has 0 saturated carbocycles. The second-order valence-electron chi connectivity index (χ2n) is 0.101. The van der Waals surface area contributed by atoms with Gasteiger partial charge in [0.05, 0.1) is 0 Å². The Labute approximate surface area is 43.9 Å². The van der Waals surface area contributed by atoms with E-state index in [1.54, 1.807) is 0 Å². The van der Waals surface area contributed by atoms with Crippen LogP contribution in [0.1, 0.15) is 0 Å². The molecule has 0 rings (SSSR count). The standard InChI is InChI=1S/2ClH.Hg.H2O/h2*1H;;1H2/q;;+2;/p-2. The van der Waals surface area contributed by atoms with Crippen LogP contribution in [-0.4, -0.2) is 5.48 Å². The summed E-state index contributed by atoms with van der Waals surface area (Å²) in [5.74, 6) is 0. The number of hydrogen-bond donors (Lipinski definition) is 0. The van der Waals surface area contributed by atoms with Crippen LogP contribution in [0.5, 0.6) is 0 Å². The summed E-state index contributed by atoms with van der Waals surface area (Å²) in [4.78, 5) is 0. The molecular formula is H2Cl2HgO. The van der Waals surface area contributed by atoms with Crippen molar-refractivity contribution in [3.8, 4) is 0 Å². The summed E-state index contributed by atoms with van der Waals surface area (Å²) < 4.78 is 0. The molecule has 1 nitrogen and oxygen atoms in total. The molecule has 0 saturated heterocycles. The summed E-state index contributed by atoms with van der Waals surface area (Å²) >= 11 is -1.14. The molecule has 0 spiro atoms. The maximum absolute atomic E-state index is 4.99. The summed E-state index contributed by atoms with van der Waals surface area (Å²) in [5, 5.41) is 0. The Kier molecular flexibility index (Phi) is 20.0. The summed E-state index contributed by atoms with van der Waals surface area (Å²) in [6.07, 6.45) is 0. The molecule has 0 unspecified atom stereocenters. The molecule has 0 aliphatic rings. The second-order valence-corrected chi connectivity index (χ2v) is 7.98. The van der Waals surface area contributed by atoms with Gasteiger partial charge >= 0.3 is 38.6 Å². The van der Waals surface area contributed by atoms with Gasteiger partial charge in [0, 0.05) is 0 Å². The van der Waals surface area contributed by atoms with E-state index in [9.17, 15) is 0 Å². The molecule has 4 heteroatoms. The first-order chi connectivity index (χ1) is 1.41. The monoisotopic (exact) mass is 290 g/mol. The molecule has 0 atom stereocenters. The molecule has 0 aromatic carbocycles. The Morgan fingerprint density at radius 1 is 1.25 bits per heavy atom. The first-order valence-corrected chi connectivity index (χ1v) is 14.1. The Hall–Kier alpha value is 1.48. The predicted molar refractivity (Wildman–Crippen MR) is 15.3 cm³/mol. The second kappa shape index (κ2) is 8.82. The molecule has 0 amide bonds. The van der Waals surface area contributed by atoms with E-state index in [-0.39, 0.29) is 5.48 Å². The van der Waals surface area contributed by atoms with E-state index >= 15 is 0 Å². The number of rotatable bonds is 0. The van der Waals surface area contributed by atoms with Crippen LogP contribution in [0, 0.1) is 0 Å². The minimum absolute atomic E-state index is 0. The molecule has 4 heavy (non-hydrogen) atoms. The van der Waals surface area contributed by atoms with Gasteiger partial charge in [-0.05, 0) is 0 Å². The van der Waals surface area contributed by atoms with Crippen molar-refractivity contribution < 1.29 is 27.6 Å². The van der Waals surface area contributed by atoms with Gasteiger partial charge in [0.25, 0.3) is 0 Å². The summed E-state index contributed by atoms with van der Waals surface area (Å²) in [6.45, 7) is 0. The van der Waals surface area contributed by atoms with Gasteiger partial charge in [-0.15, -0.1) is 0 Å². The van der Waals surface area contributed by atoms with E-state index in [4.69, 9.17) is 16.5 Å². The van der Waals surface area contributed by atoms with Crippen LogP contribution >= 0.6 is 16.5 Å². The molecule has 0 radical (unpaired) electrons. The van der Waals surface area contributed by atoms with Gasteiger partial charge in [-0.3, -0.25) is 0 Å². The molecule has 2 N–H and O–H groups in total. The first kappa shape index (κ1) is 9.08. The minimum atomic E-state index is -1.14. The van der Waals surface area contributed by atoms with Gasteiger partial charge in [-0.1, -0.05) is 0 Å². The van der Waals surface area contributed by atoms with E-state index in [1.165, 1.54) is 0 Å². The average Bonchev–Trinajstić information content (AvgIpc) is 0.918. The van der Waals surface area contributed by atoms with Crippen molar-refractivity contribution in [2.45, 2.75) is 0 Å². The topological polar surface area (TPSA) is 31.5 Å². The molecule has 0 aromatic rings. The van der Waals surface area contributed by atoms with Gasteiger partial charge in [0.1, 0.15) is 0 Å². The first-order valence-electron chi connectivity index (χ1n) is 0.535. The zero-order valence-electron chi connectivity index (χ0n) is 1.96. The van der Waals surface area contributed by atoms with Crippen molar-refractivity contribution >= 4 is 16.5 Å². The van der Waals surface area contributed by atoms with Crippen molar-refractivity contribution in [3.63, 3.8) is 0 Å². The molecule has 0 fully saturated rings. The van der Waals surface area contributed by atoms with Gasteiger partial charge in [-0.25, -0.2) is 0 Å². The zero-order chi connectivity index (χ0) is 2.71. The predicted octanol–water partition coefficient (Wildman–Crippen LogP) is 0.552. The molecule has 0 aliphatic heterocycles. The SMILES string of the molecule is O.[Cl][Hg][Cl]. The molecule has 0 aromatic heterocycles. The number of hydrogen-bond acceptors (Lipinski definition) is 0. The molecule has 0 aliphatic carbocycles. The quantitative estimate of drug-likeness (QED) is 0.584. The Balaban J connectivity index is 0. The fourth-order valence-corrected chi connectivity index (χ4v) is 0. The van der Waals surface area contributed by atoms with Crippen LogP contribution in [0.2, 0.25) is 0 Å². The van der Waals surface area contributed by atoms with Crippen LogP contribution in [0.15, 0.2) is 0 Å². The summed E-state index contributed by atoms with van der Waals surface area (Å²) in [7, 11) is 9.97. The fraction of sp³-hybridized carbons (Fsp3) is 0. The molecule has 24 valence electrons. The van der Waals surface area contributed by atoms with Crippen molar-refractivity contribution in [1.82, 2.24) is 0 Å².